The Bertz CT molecular complexity index is 1070. The molecule has 0 aliphatic rings. The van der Waals surface area contributed by atoms with Crippen LogP contribution in [0, 0.1) is 5.82 Å². The average molecular weight is 375 g/mol. The van der Waals surface area contributed by atoms with Gasteiger partial charge in [0.15, 0.2) is 0 Å². The molecule has 2 aromatic carbocycles. The van der Waals surface area contributed by atoms with E-state index in [1.165, 1.54) is 6.07 Å². The molecule has 0 unspecified atom stereocenters. The van der Waals surface area contributed by atoms with Gasteiger partial charge in [0.1, 0.15) is 23.8 Å². The quantitative estimate of drug-likeness (QED) is 0.555. The molecule has 0 atom stereocenters. The van der Waals surface area contributed by atoms with E-state index in [-0.39, 0.29) is 18.3 Å². The van der Waals surface area contributed by atoms with Gasteiger partial charge in [0.2, 0.25) is 0 Å². The molecule has 0 fully saturated rings. The van der Waals surface area contributed by atoms with Gasteiger partial charge < -0.3 is 14.5 Å². The number of nitrogens with one attached hydrogen (secondary N) is 1. The first-order valence-corrected chi connectivity index (χ1v) is 8.86. The highest BCUT2D eigenvalue weighted by molar-refractivity contribution is 5.94. The highest BCUT2D eigenvalue weighted by atomic mass is 19.1. The predicted molar refractivity (Wildman–Crippen MR) is 104 cm³/mol. The third kappa shape index (κ3) is 4.01. The highest BCUT2D eigenvalue weighted by Gasteiger charge is 2.08. The second kappa shape index (κ2) is 7.92. The Balaban J connectivity index is 1.34. The van der Waals surface area contributed by atoms with Crippen LogP contribution in [0.15, 0.2) is 79.1 Å². The van der Waals surface area contributed by atoms with Crippen LogP contribution < -0.4 is 10.1 Å². The number of hydrogen-bond acceptors (Lipinski definition) is 3. The van der Waals surface area contributed by atoms with E-state index >= 15 is 0 Å². The molecule has 4 rings (SSSR count). The topological polar surface area (TPSA) is 55.6 Å². The maximum atomic E-state index is 13.6. The summed E-state index contributed by atoms with van der Waals surface area (Å²) in [5, 5.41) is 2.72. The Morgan fingerprint density at radius 2 is 1.82 bits per heavy atom. The minimum absolute atomic E-state index is 0.137. The lowest BCUT2D eigenvalue weighted by Crippen LogP contribution is -2.23. The van der Waals surface area contributed by atoms with Gasteiger partial charge in [0.25, 0.3) is 5.91 Å². The minimum Gasteiger partial charge on any atom is -0.487 e. The van der Waals surface area contributed by atoms with E-state index in [0.717, 1.165) is 11.3 Å². The molecule has 1 amide bonds. The lowest BCUT2D eigenvalue weighted by molar-refractivity contribution is 0.0950. The largest absolute Gasteiger partial charge is 0.487 e. The van der Waals surface area contributed by atoms with Crippen LogP contribution in [0.25, 0.3) is 5.65 Å². The van der Waals surface area contributed by atoms with Gasteiger partial charge in [-0.15, -0.1) is 0 Å². The number of imidazole rings is 1. The average Bonchev–Trinajstić information content (AvgIpc) is 3.15. The smallest absolute Gasteiger partial charge is 0.251 e. The number of rotatable bonds is 6. The molecular formula is C22H18FN3O2. The van der Waals surface area contributed by atoms with E-state index in [1.54, 1.807) is 42.5 Å². The Kier molecular flexibility index (Phi) is 5.01. The van der Waals surface area contributed by atoms with Crippen LogP contribution in [-0.4, -0.2) is 15.3 Å². The molecule has 1 N–H and O–H groups in total. The number of carbonyl (C=O) groups excluding carboxylic acids is 1. The molecule has 0 spiro atoms. The van der Waals surface area contributed by atoms with Crippen LogP contribution >= 0.6 is 0 Å². The van der Waals surface area contributed by atoms with Gasteiger partial charge in [-0.1, -0.05) is 24.3 Å². The Morgan fingerprint density at radius 1 is 1.04 bits per heavy atom. The zero-order valence-electron chi connectivity index (χ0n) is 15.0. The Morgan fingerprint density at radius 3 is 2.61 bits per heavy atom. The van der Waals surface area contributed by atoms with Gasteiger partial charge in [0, 0.05) is 30.1 Å². The number of pyridine rings is 1. The van der Waals surface area contributed by atoms with E-state index in [2.05, 4.69) is 10.3 Å². The van der Waals surface area contributed by atoms with Crippen molar-refractivity contribution in [2.75, 3.05) is 0 Å². The van der Waals surface area contributed by atoms with Crippen LogP contribution in [0.1, 0.15) is 21.6 Å². The monoisotopic (exact) mass is 375 g/mol. The van der Waals surface area contributed by atoms with E-state index in [1.807, 2.05) is 35.0 Å². The molecule has 0 bridgehead atoms. The zero-order valence-corrected chi connectivity index (χ0v) is 15.0. The molecule has 2 aromatic heterocycles. The van der Waals surface area contributed by atoms with Crippen molar-refractivity contribution in [3.05, 3.63) is 102 Å². The number of amides is 1. The summed E-state index contributed by atoms with van der Waals surface area (Å²) >= 11 is 0. The van der Waals surface area contributed by atoms with Crippen LogP contribution in [0.3, 0.4) is 0 Å². The van der Waals surface area contributed by atoms with E-state index in [9.17, 15) is 9.18 Å². The molecule has 140 valence electrons. The third-order valence-corrected chi connectivity index (χ3v) is 4.31. The van der Waals surface area contributed by atoms with Gasteiger partial charge in [0.05, 0.1) is 5.69 Å². The number of halogens is 1. The maximum Gasteiger partial charge on any atom is 0.251 e. The van der Waals surface area contributed by atoms with Crippen molar-refractivity contribution >= 4 is 11.6 Å². The number of aromatic nitrogens is 2. The van der Waals surface area contributed by atoms with Crippen LogP contribution in [0.5, 0.6) is 5.75 Å². The van der Waals surface area contributed by atoms with Crippen molar-refractivity contribution < 1.29 is 13.9 Å². The van der Waals surface area contributed by atoms with Crippen LogP contribution in [0.4, 0.5) is 4.39 Å². The first-order chi connectivity index (χ1) is 13.7. The van der Waals surface area contributed by atoms with E-state index in [0.29, 0.717) is 23.5 Å². The minimum atomic E-state index is -0.335. The molecule has 0 aliphatic carbocycles. The second-order valence-corrected chi connectivity index (χ2v) is 6.29. The van der Waals surface area contributed by atoms with Crippen LogP contribution in [-0.2, 0) is 13.2 Å². The zero-order chi connectivity index (χ0) is 19.3. The molecular weight excluding hydrogens is 357 g/mol. The number of ether oxygens (including phenoxy) is 1. The first kappa shape index (κ1) is 17.7. The normalized spacial score (nSPS) is 10.8. The van der Waals surface area contributed by atoms with Crippen molar-refractivity contribution in [3.63, 3.8) is 0 Å². The molecule has 4 aromatic rings. The highest BCUT2D eigenvalue weighted by Crippen LogP contribution is 2.15. The van der Waals surface area contributed by atoms with Crippen molar-refractivity contribution in [3.8, 4) is 5.75 Å². The fourth-order valence-electron chi connectivity index (χ4n) is 2.84. The first-order valence-electron chi connectivity index (χ1n) is 8.86. The van der Waals surface area contributed by atoms with Gasteiger partial charge >= 0.3 is 0 Å². The van der Waals surface area contributed by atoms with Crippen molar-refractivity contribution in [1.82, 2.24) is 14.7 Å². The summed E-state index contributed by atoms with van der Waals surface area (Å²) in [5.74, 6) is 0.0383. The maximum absolute atomic E-state index is 13.6. The molecule has 6 heteroatoms. The van der Waals surface area contributed by atoms with Gasteiger partial charge in [-0.05, 0) is 42.5 Å². The summed E-state index contributed by atoms with van der Waals surface area (Å²) < 4.78 is 21.3. The van der Waals surface area contributed by atoms with Gasteiger partial charge in [-0.25, -0.2) is 9.37 Å². The number of carbonyl (C=O) groups is 1. The lowest BCUT2D eigenvalue weighted by atomic mass is 10.2. The van der Waals surface area contributed by atoms with E-state index < -0.39 is 0 Å². The summed E-state index contributed by atoms with van der Waals surface area (Å²) in [6, 6.07) is 19.0. The summed E-state index contributed by atoms with van der Waals surface area (Å²) in [4.78, 5) is 16.7. The Hall–Kier alpha value is -3.67. The third-order valence-electron chi connectivity index (χ3n) is 4.31. The molecule has 0 saturated heterocycles. The second-order valence-electron chi connectivity index (χ2n) is 6.29. The number of benzene rings is 2. The molecule has 0 radical (unpaired) electrons. The van der Waals surface area contributed by atoms with Crippen molar-refractivity contribution in [1.29, 1.82) is 0 Å². The fourth-order valence-corrected chi connectivity index (χ4v) is 2.84. The number of hydrogen-bond donors (Lipinski definition) is 1. The molecule has 2 heterocycles. The summed E-state index contributed by atoms with van der Waals surface area (Å²) in [6.07, 6.45) is 3.85. The van der Waals surface area contributed by atoms with Crippen molar-refractivity contribution in [2.24, 2.45) is 0 Å². The van der Waals surface area contributed by atoms with Crippen molar-refractivity contribution in [2.45, 2.75) is 13.2 Å². The summed E-state index contributed by atoms with van der Waals surface area (Å²) in [5.41, 5.74) is 2.61. The molecule has 5 nitrogen and oxygen atoms in total. The fraction of sp³-hybridized carbons (Fsp3) is 0.0909. The standard InChI is InChI=1S/C22H18FN3O2/c23-20-6-2-1-5-17(20)13-24-22(27)16-8-10-19(11-9-16)28-15-18-14-26-12-4-3-7-21(26)25-18/h1-12,14H,13,15H2,(H,24,27). The van der Waals surface area contributed by atoms with E-state index in [4.69, 9.17) is 4.74 Å². The molecule has 0 saturated carbocycles. The Labute approximate surface area is 161 Å². The van der Waals surface area contributed by atoms with Gasteiger partial charge in [-0.2, -0.15) is 0 Å². The number of nitrogens with zero attached hydrogens (tertiary/aromatic N) is 2. The summed E-state index contributed by atoms with van der Waals surface area (Å²) in [7, 11) is 0. The van der Waals surface area contributed by atoms with Gasteiger partial charge in [-0.3, -0.25) is 4.79 Å². The SMILES string of the molecule is O=C(NCc1ccccc1F)c1ccc(OCc2cn3ccccc3n2)cc1. The number of fused-ring (bicyclic) bond motifs is 1. The lowest BCUT2D eigenvalue weighted by Gasteiger charge is -2.08. The molecule has 28 heavy (non-hydrogen) atoms. The summed E-state index contributed by atoms with van der Waals surface area (Å²) in [6.45, 7) is 0.470. The van der Waals surface area contributed by atoms with Crippen LogP contribution in [0.2, 0.25) is 0 Å². The predicted octanol–water partition coefficient (Wildman–Crippen LogP) is 3.98. The molecule has 0 aliphatic heterocycles.